The van der Waals surface area contributed by atoms with Crippen LogP contribution in [0.5, 0.6) is 0 Å². The van der Waals surface area contributed by atoms with Crippen molar-refractivity contribution in [3.63, 3.8) is 0 Å². The van der Waals surface area contributed by atoms with E-state index >= 15 is 0 Å². The molecule has 1 aromatic carbocycles. The fourth-order valence-corrected chi connectivity index (χ4v) is 3.09. The van der Waals surface area contributed by atoms with Crippen LogP contribution in [0.3, 0.4) is 0 Å². The molecule has 6 nitrogen and oxygen atoms in total. The van der Waals surface area contributed by atoms with Crippen LogP contribution in [-0.4, -0.2) is 40.9 Å². The Balaban J connectivity index is 1.86. The van der Waals surface area contributed by atoms with Gasteiger partial charge < -0.3 is 15.3 Å². The zero-order valence-electron chi connectivity index (χ0n) is 14.4. The van der Waals surface area contributed by atoms with Crippen molar-refractivity contribution in [1.82, 2.24) is 10.2 Å². The lowest BCUT2D eigenvalue weighted by Crippen LogP contribution is -2.35. The van der Waals surface area contributed by atoms with E-state index in [2.05, 4.69) is 5.32 Å². The molecule has 7 heteroatoms. The monoisotopic (exact) mass is 374 g/mol. The van der Waals surface area contributed by atoms with Gasteiger partial charge in [-0.15, -0.1) is 0 Å². The largest absolute Gasteiger partial charge is 0.481 e. The molecule has 2 amide bonds. The van der Waals surface area contributed by atoms with Gasteiger partial charge in [-0.05, 0) is 23.4 Å². The molecule has 1 aromatic heterocycles. The number of aliphatic carboxylic acids is 1. The number of amides is 2. The van der Waals surface area contributed by atoms with Gasteiger partial charge in [-0.25, -0.2) is 0 Å². The number of carbonyl (C=O) groups is 3. The summed E-state index contributed by atoms with van der Waals surface area (Å²) >= 11 is 1.44. The smallest absolute Gasteiger partial charge is 0.303 e. The van der Waals surface area contributed by atoms with Crippen LogP contribution >= 0.6 is 11.3 Å². The number of rotatable bonds is 10. The van der Waals surface area contributed by atoms with E-state index in [1.165, 1.54) is 11.3 Å². The molecule has 0 bridgehead atoms. The van der Waals surface area contributed by atoms with E-state index in [1.807, 2.05) is 35.7 Å². The number of carboxylic acid groups (broad SMARTS) is 1. The van der Waals surface area contributed by atoms with E-state index in [0.29, 0.717) is 25.1 Å². The van der Waals surface area contributed by atoms with E-state index in [9.17, 15) is 14.4 Å². The minimum atomic E-state index is -0.875. The molecule has 0 saturated carbocycles. The van der Waals surface area contributed by atoms with Crippen molar-refractivity contribution in [2.75, 3.05) is 13.1 Å². The summed E-state index contributed by atoms with van der Waals surface area (Å²) in [5.41, 5.74) is 1.57. The summed E-state index contributed by atoms with van der Waals surface area (Å²) in [7, 11) is 0. The Morgan fingerprint density at radius 3 is 2.50 bits per heavy atom. The van der Waals surface area contributed by atoms with Crippen LogP contribution in [0.2, 0.25) is 0 Å². The van der Waals surface area contributed by atoms with Gasteiger partial charge in [0.15, 0.2) is 0 Å². The lowest BCUT2D eigenvalue weighted by molar-refractivity contribution is -0.138. The molecule has 0 radical (unpaired) electrons. The second-order valence-electron chi connectivity index (χ2n) is 5.82. The Morgan fingerprint density at radius 1 is 1.08 bits per heavy atom. The summed E-state index contributed by atoms with van der Waals surface area (Å²) in [6.45, 7) is 1.05. The van der Waals surface area contributed by atoms with Gasteiger partial charge >= 0.3 is 5.97 Å². The first kappa shape index (κ1) is 19.7. The number of carboxylic acids is 1. The van der Waals surface area contributed by atoms with Crippen LogP contribution in [0.25, 0.3) is 0 Å². The Labute approximate surface area is 156 Å². The topological polar surface area (TPSA) is 86.7 Å². The van der Waals surface area contributed by atoms with Crippen LogP contribution in [0.1, 0.15) is 35.2 Å². The summed E-state index contributed by atoms with van der Waals surface area (Å²) in [5.74, 6) is -1.18. The van der Waals surface area contributed by atoms with Crippen molar-refractivity contribution in [3.8, 4) is 0 Å². The minimum Gasteiger partial charge on any atom is -0.481 e. The van der Waals surface area contributed by atoms with Gasteiger partial charge in [0.25, 0.3) is 5.91 Å². The maximum atomic E-state index is 12.5. The second kappa shape index (κ2) is 10.4. The van der Waals surface area contributed by atoms with Crippen LogP contribution < -0.4 is 5.32 Å². The fourth-order valence-electron chi connectivity index (χ4n) is 2.45. The molecule has 2 aromatic rings. The Hall–Kier alpha value is -2.67. The first-order chi connectivity index (χ1) is 12.6. The molecule has 2 rings (SSSR count). The van der Waals surface area contributed by atoms with Crippen LogP contribution in [0.4, 0.5) is 0 Å². The predicted octanol–water partition coefficient (Wildman–Crippen LogP) is 2.76. The maximum absolute atomic E-state index is 12.5. The van der Waals surface area contributed by atoms with Crippen molar-refractivity contribution >= 4 is 29.1 Å². The number of hydrogen-bond donors (Lipinski definition) is 2. The maximum Gasteiger partial charge on any atom is 0.303 e. The third-order valence-electron chi connectivity index (χ3n) is 3.80. The standard InChI is InChI=1S/C19H22N2O4S/c22-17(8-10-20-19(25)16-9-12-26-14-16)21(11-4-7-18(23)24)13-15-5-2-1-3-6-15/h1-3,5-6,9,12,14H,4,7-8,10-11,13H2,(H,20,25)(H,23,24). The average molecular weight is 374 g/mol. The molecule has 0 aliphatic heterocycles. The van der Waals surface area contributed by atoms with Gasteiger partial charge in [0.2, 0.25) is 5.91 Å². The predicted molar refractivity (Wildman–Crippen MR) is 100.0 cm³/mol. The Morgan fingerprint density at radius 2 is 1.85 bits per heavy atom. The molecule has 1 heterocycles. The quantitative estimate of drug-likeness (QED) is 0.669. The van der Waals surface area contributed by atoms with Gasteiger partial charge in [-0.1, -0.05) is 30.3 Å². The van der Waals surface area contributed by atoms with Crippen LogP contribution in [0, 0.1) is 0 Å². The minimum absolute atomic E-state index is 0.0213. The van der Waals surface area contributed by atoms with Gasteiger partial charge in [0.05, 0.1) is 0 Å². The van der Waals surface area contributed by atoms with Crippen molar-refractivity contribution in [1.29, 1.82) is 0 Å². The van der Waals surface area contributed by atoms with Gasteiger partial charge in [0, 0.05) is 43.4 Å². The number of carbonyl (C=O) groups excluding carboxylic acids is 2. The normalized spacial score (nSPS) is 10.3. The summed E-state index contributed by atoms with van der Waals surface area (Å²) in [6, 6.07) is 11.3. The van der Waals surface area contributed by atoms with E-state index in [0.717, 1.165) is 5.56 Å². The fraction of sp³-hybridized carbons (Fsp3) is 0.316. The van der Waals surface area contributed by atoms with Crippen molar-refractivity contribution < 1.29 is 19.5 Å². The first-order valence-corrected chi connectivity index (χ1v) is 9.34. The van der Waals surface area contributed by atoms with Crippen molar-refractivity contribution in [2.24, 2.45) is 0 Å². The van der Waals surface area contributed by atoms with Crippen LogP contribution in [0.15, 0.2) is 47.2 Å². The molecule has 0 fully saturated rings. The van der Waals surface area contributed by atoms with Crippen molar-refractivity contribution in [3.05, 3.63) is 58.3 Å². The number of hydrogen-bond acceptors (Lipinski definition) is 4. The molecule has 0 atom stereocenters. The lowest BCUT2D eigenvalue weighted by Gasteiger charge is -2.23. The highest BCUT2D eigenvalue weighted by Gasteiger charge is 2.15. The molecule has 0 aliphatic carbocycles. The molecule has 0 saturated heterocycles. The zero-order chi connectivity index (χ0) is 18.8. The highest BCUT2D eigenvalue weighted by Crippen LogP contribution is 2.09. The molecular formula is C19H22N2O4S. The van der Waals surface area contributed by atoms with Crippen molar-refractivity contribution in [2.45, 2.75) is 25.8 Å². The van der Waals surface area contributed by atoms with E-state index in [1.54, 1.807) is 16.3 Å². The summed E-state index contributed by atoms with van der Waals surface area (Å²) in [6.07, 6.45) is 0.596. The second-order valence-corrected chi connectivity index (χ2v) is 6.60. The molecule has 2 N–H and O–H groups in total. The third kappa shape index (κ3) is 6.68. The van der Waals surface area contributed by atoms with Crippen LogP contribution in [-0.2, 0) is 16.1 Å². The SMILES string of the molecule is O=C(O)CCCN(Cc1ccccc1)C(=O)CCNC(=O)c1ccsc1. The highest BCUT2D eigenvalue weighted by atomic mass is 32.1. The van der Waals surface area contributed by atoms with E-state index in [-0.39, 0.29) is 31.2 Å². The summed E-state index contributed by atoms with van der Waals surface area (Å²) in [5, 5.41) is 15.1. The highest BCUT2D eigenvalue weighted by molar-refractivity contribution is 7.08. The molecule has 0 aliphatic rings. The summed E-state index contributed by atoms with van der Waals surface area (Å²) < 4.78 is 0. The zero-order valence-corrected chi connectivity index (χ0v) is 15.2. The molecule has 138 valence electrons. The van der Waals surface area contributed by atoms with Gasteiger partial charge in [0.1, 0.15) is 0 Å². The number of nitrogens with zero attached hydrogens (tertiary/aromatic N) is 1. The average Bonchev–Trinajstić information content (AvgIpc) is 3.16. The molecule has 0 spiro atoms. The summed E-state index contributed by atoms with van der Waals surface area (Å²) in [4.78, 5) is 36.8. The number of thiophene rings is 1. The van der Waals surface area contributed by atoms with Gasteiger partial charge in [-0.2, -0.15) is 11.3 Å². The molecular weight excluding hydrogens is 352 g/mol. The first-order valence-electron chi connectivity index (χ1n) is 8.40. The Bertz CT molecular complexity index is 716. The Kier molecular flexibility index (Phi) is 7.82. The van der Waals surface area contributed by atoms with Gasteiger partial charge in [-0.3, -0.25) is 14.4 Å². The lowest BCUT2D eigenvalue weighted by atomic mass is 10.2. The molecule has 26 heavy (non-hydrogen) atoms. The number of nitrogens with one attached hydrogen (secondary N) is 1. The van der Waals surface area contributed by atoms with E-state index in [4.69, 9.17) is 5.11 Å². The third-order valence-corrected chi connectivity index (χ3v) is 4.48. The molecule has 0 unspecified atom stereocenters. The van der Waals surface area contributed by atoms with E-state index < -0.39 is 5.97 Å². The number of benzene rings is 1.